The highest BCUT2D eigenvalue weighted by Gasteiger charge is 2.39. The first-order valence-electron chi connectivity index (χ1n) is 15.4. The maximum Gasteiger partial charge on any atom is 0.320 e. The topological polar surface area (TPSA) is 102 Å². The van der Waals surface area contributed by atoms with Crippen LogP contribution in [-0.2, 0) is 28.6 Å². The number of benzene rings is 2. The molecule has 0 bridgehead atoms. The Balaban J connectivity index is 1.43. The molecule has 3 aliphatic rings. The molecule has 0 spiro atoms. The molecule has 43 heavy (non-hydrogen) atoms. The molecule has 9 heteroatoms. The van der Waals surface area contributed by atoms with E-state index in [4.69, 9.17) is 28.5 Å². The molecule has 0 saturated heterocycles. The lowest BCUT2D eigenvalue weighted by Crippen LogP contribution is -2.37. The highest BCUT2D eigenvalue weighted by Crippen LogP contribution is 2.41. The molecular formula is C34H43NO8. The van der Waals surface area contributed by atoms with Gasteiger partial charge in [-0.2, -0.15) is 0 Å². The molecule has 232 valence electrons. The lowest BCUT2D eigenvalue weighted by Gasteiger charge is -2.36. The van der Waals surface area contributed by atoms with Crippen molar-refractivity contribution in [1.82, 2.24) is 0 Å². The van der Waals surface area contributed by atoms with Gasteiger partial charge in [0, 0.05) is 24.7 Å². The average Bonchev–Trinajstić information content (AvgIpc) is 3.57. The highest BCUT2D eigenvalue weighted by molar-refractivity contribution is 6.02. The molecular weight excluding hydrogens is 550 g/mol. The fourth-order valence-electron chi connectivity index (χ4n) is 6.63. The Morgan fingerprint density at radius 3 is 2.26 bits per heavy atom. The van der Waals surface area contributed by atoms with Gasteiger partial charge in [0.25, 0.3) is 0 Å². The first-order chi connectivity index (χ1) is 21.0. The van der Waals surface area contributed by atoms with Crippen molar-refractivity contribution >= 4 is 17.7 Å². The minimum absolute atomic E-state index is 0.00233. The third kappa shape index (κ3) is 7.50. The van der Waals surface area contributed by atoms with Crippen LogP contribution < -0.4 is 9.47 Å². The van der Waals surface area contributed by atoms with E-state index in [0.717, 1.165) is 56.9 Å². The number of carbonyl (C=O) groups is 2. The second-order valence-electron chi connectivity index (χ2n) is 11.6. The van der Waals surface area contributed by atoms with E-state index in [1.165, 1.54) is 19.8 Å². The molecule has 0 N–H and O–H groups in total. The van der Waals surface area contributed by atoms with Crippen LogP contribution in [0.5, 0.6) is 11.5 Å². The van der Waals surface area contributed by atoms with Crippen molar-refractivity contribution in [2.24, 2.45) is 11.1 Å². The number of hydrogen-bond donors (Lipinski definition) is 0. The summed E-state index contributed by atoms with van der Waals surface area (Å²) in [4.78, 5) is 31.1. The molecule has 4 atom stereocenters. The number of ether oxygens (including phenoxy) is 5. The summed E-state index contributed by atoms with van der Waals surface area (Å²) in [6, 6.07) is 16.3. The smallest absolute Gasteiger partial charge is 0.320 e. The van der Waals surface area contributed by atoms with E-state index < -0.39 is 24.1 Å². The molecule has 9 nitrogen and oxygen atoms in total. The zero-order valence-electron chi connectivity index (χ0n) is 25.4. The Kier molecular flexibility index (Phi) is 10.6. The van der Waals surface area contributed by atoms with Crippen LogP contribution in [0.4, 0.5) is 0 Å². The molecule has 0 aromatic heterocycles. The second-order valence-corrected chi connectivity index (χ2v) is 11.6. The SMILES string of the molecule is COC(=O)C(CC1=NO[C@@H](O[C@@H]2CCCC[C@H]2c2ccccc2)C[C@@H]1c1ccc(OC)c(OC2CCCC2)c1)C(=O)OC. The van der Waals surface area contributed by atoms with Gasteiger partial charge >= 0.3 is 11.9 Å². The molecule has 2 saturated carbocycles. The Morgan fingerprint density at radius 2 is 1.56 bits per heavy atom. The third-order valence-corrected chi connectivity index (χ3v) is 8.95. The summed E-state index contributed by atoms with van der Waals surface area (Å²) in [6.45, 7) is 0. The molecule has 5 rings (SSSR count). The zero-order valence-corrected chi connectivity index (χ0v) is 25.4. The number of carbonyl (C=O) groups excluding carboxylic acids is 2. The Bertz CT molecular complexity index is 1240. The van der Waals surface area contributed by atoms with Gasteiger partial charge in [0.05, 0.1) is 39.2 Å². The van der Waals surface area contributed by atoms with Crippen LogP contribution in [-0.4, -0.2) is 57.5 Å². The monoisotopic (exact) mass is 593 g/mol. The van der Waals surface area contributed by atoms with Gasteiger partial charge in [-0.15, -0.1) is 0 Å². The number of nitrogens with zero attached hydrogens (tertiary/aromatic N) is 1. The van der Waals surface area contributed by atoms with Crippen LogP contribution in [0.15, 0.2) is 53.7 Å². The molecule has 1 heterocycles. The Hall–Kier alpha value is -3.59. The first-order valence-corrected chi connectivity index (χ1v) is 15.4. The second kappa shape index (κ2) is 14.7. The van der Waals surface area contributed by atoms with Crippen LogP contribution in [0.3, 0.4) is 0 Å². The van der Waals surface area contributed by atoms with E-state index in [-0.39, 0.29) is 30.5 Å². The molecule has 0 unspecified atom stereocenters. The van der Waals surface area contributed by atoms with Crippen molar-refractivity contribution in [3.8, 4) is 11.5 Å². The normalized spacial score (nSPS) is 24.1. The van der Waals surface area contributed by atoms with E-state index >= 15 is 0 Å². The van der Waals surface area contributed by atoms with Gasteiger partial charge < -0.3 is 28.5 Å². The van der Waals surface area contributed by atoms with E-state index in [2.05, 4.69) is 29.4 Å². The Labute approximate surface area is 253 Å². The maximum absolute atomic E-state index is 12.6. The average molecular weight is 594 g/mol. The van der Waals surface area contributed by atoms with Gasteiger partial charge in [-0.05, 0) is 61.8 Å². The van der Waals surface area contributed by atoms with Crippen LogP contribution in [0, 0.1) is 5.92 Å². The minimum atomic E-state index is -1.16. The molecule has 2 aromatic carbocycles. The van der Waals surface area contributed by atoms with Crippen molar-refractivity contribution in [3.05, 3.63) is 59.7 Å². The van der Waals surface area contributed by atoms with Gasteiger partial charge in [0.15, 0.2) is 17.4 Å². The zero-order chi connectivity index (χ0) is 30.2. The van der Waals surface area contributed by atoms with E-state index in [0.29, 0.717) is 23.6 Å². The highest BCUT2D eigenvalue weighted by atomic mass is 16.8. The van der Waals surface area contributed by atoms with E-state index in [1.807, 2.05) is 24.3 Å². The number of esters is 2. The van der Waals surface area contributed by atoms with E-state index in [1.54, 1.807) is 7.11 Å². The van der Waals surface area contributed by atoms with Gasteiger partial charge in [-0.25, -0.2) is 0 Å². The number of methoxy groups -OCH3 is 3. The lowest BCUT2D eigenvalue weighted by atomic mass is 9.81. The molecule has 2 fully saturated rings. The molecule has 0 amide bonds. The number of rotatable bonds is 11. The molecule has 1 aliphatic heterocycles. The fourth-order valence-corrected chi connectivity index (χ4v) is 6.63. The van der Waals surface area contributed by atoms with Crippen molar-refractivity contribution in [2.75, 3.05) is 21.3 Å². The third-order valence-electron chi connectivity index (χ3n) is 8.95. The standard InChI is InChI=1S/C34H43NO8/c1-38-30-18-17-23(19-31(30)41-24-13-7-8-14-24)26-21-32(43-35-28(26)20-27(33(36)39-2)34(37)40-3)42-29-16-10-9-15-25(29)22-11-5-4-6-12-22/h4-6,11-12,17-19,24-27,29,32H,7-10,13-16,20-21H2,1-3H3/t25-,26+,29+,32+/m0/s1. The summed E-state index contributed by atoms with van der Waals surface area (Å²) < 4.78 is 28.5. The van der Waals surface area contributed by atoms with Gasteiger partial charge in [0.1, 0.15) is 0 Å². The van der Waals surface area contributed by atoms with Crippen molar-refractivity contribution in [3.63, 3.8) is 0 Å². The predicted molar refractivity (Wildman–Crippen MR) is 160 cm³/mol. The van der Waals surface area contributed by atoms with Crippen LogP contribution >= 0.6 is 0 Å². The molecule has 2 aliphatic carbocycles. The summed E-state index contributed by atoms with van der Waals surface area (Å²) >= 11 is 0. The summed E-state index contributed by atoms with van der Waals surface area (Å²) in [5.41, 5.74) is 2.73. The fraction of sp³-hybridized carbons (Fsp3) is 0.559. The van der Waals surface area contributed by atoms with Crippen molar-refractivity contribution in [1.29, 1.82) is 0 Å². The Morgan fingerprint density at radius 1 is 0.860 bits per heavy atom. The maximum atomic E-state index is 12.6. The quantitative estimate of drug-likeness (QED) is 0.221. The van der Waals surface area contributed by atoms with Crippen LogP contribution in [0.2, 0.25) is 0 Å². The van der Waals surface area contributed by atoms with Gasteiger partial charge in [0.2, 0.25) is 6.29 Å². The van der Waals surface area contributed by atoms with Crippen molar-refractivity contribution < 1.29 is 38.1 Å². The van der Waals surface area contributed by atoms with Crippen LogP contribution in [0.1, 0.15) is 87.2 Å². The summed E-state index contributed by atoms with van der Waals surface area (Å²) in [5, 5.41) is 4.48. The van der Waals surface area contributed by atoms with Gasteiger partial charge in [-0.3, -0.25) is 9.59 Å². The molecule has 2 aromatic rings. The summed E-state index contributed by atoms with van der Waals surface area (Å²) in [7, 11) is 4.14. The van der Waals surface area contributed by atoms with E-state index in [9.17, 15) is 9.59 Å². The van der Waals surface area contributed by atoms with Crippen molar-refractivity contribution in [2.45, 2.75) is 94.5 Å². The number of hydrogen-bond acceptors (Lipinski definition) is 9. The number of oxime groups is 1. The molecule has 0 radical (unpaired) electrons. The lowest BCUT2D eigenvalue weighted by molar-refractivity contribution is -0.190. The summed E-state index contributed by atoms with van der Waals surface area (Å²) in [6.07, 6.45) is 8.57. The summed E-state index contributed by atoms with van der Waals surface area (Å²) in [5.74, 6) is -1.22. The predicted octanol–water partition coefficient (Wildman–Crippen LogP) is 6.30. The van der Waals surface area contributed by atoms with Gasteiger partial charge in [-0.1, -0.05) is 54.4 Å². The largest absolute Gasteiger partial charge is 0.493 e. The minimum Gasteiger partial charge on any atom is -0.493 e. The van der Waals surface area contributed by atoms with Crippen LogP contribution in [0.25, 0.3) is 0 Å². The first kappa shape index (κ1) is 30.9.